The fourth-order valence-corrected chi connectivity index (χ4v) is 5.69. The van der Waals surface area contributed by atoms with Crippen LogP contribution in [0.2, 0.25) is 5.02 Å². The summed E-state index contributed by atoms with van der Waals surface area (Å²) in [6, 6.07) is 19.9. The molecule has 0 saturated carbocycles. The molecule has 1 unspecified atom stereocenters. The van der Waals surface area contributed by atoms with Gasteiger partial charge in [-0.15, -0.1) is 0 Å². The smallest absolute Gasteiger partial charge is 0.240 e. The number of hydrogen-bond acceptors (Lipinski definition) is 5. The molecule has 0 spiro atoms. The number of anilines is 1. The van der Waals surface area contributed by atoms with E-state index in [2.05, 4.69) is 9.62 Å². The summed E-state index contributed by atoms with van der Waals surface area (Å²) in [7, 11) is -3.63. The predicted molar refractivity (Wildman–Crippen MR) is 124 cm³/mol. The Labute approximate surface area is 192 Å². The number of halogens is 1. The summed E-state index contributed by atoms with van der Waals surface area (Å²) in [6.45, 7) is 2.23. The van der Waals surface area contributed by atoms with E-state index in [4.69, 9.17) is 21.1 Å². The first-order valence-electron chi connectivity index (χ1n) is 10.5. The van der Waals surface area contributed by atoms with Gasteiger partial charge < -0.3 is 14.4 Å². The number of ether oxygens (including phenoxy) is 2. The van der Waals surface area contributed by atoms with Gasteiger partial charge in [0.1, 0.15) is 13.2 Å². The van der Waals surface area contributed by atoms with Crippen LogP contribution in [0.25, 0.3) is 0 Å². The number of sulfonamides is 1. The lowest BCUT2D eigenvalue weighted by atomic mass is 9.98. The fourth-order valence-electron chi connectivity index (χ4n) is 4.24. The Morgan fingerprint density at radius 1 is 0.969 bits per heavy atom. The van der Waals surface area contributed by atoms with Gasteiger partial charge in [0.2, 0.25) is 10.0 Å². The van der Waals surface area contributed by atoms with Crippen molar-refractivity contribution in [1.29, 1.82) is 0 Å². The number of benzene rings is 3. The lowest BCUT2D eigenvalue weighted by Crippen LogP contribution is -2.48. The Balaban J connectivity index is 1.42. The Hall–Kier alpha value is -2.74. The Kier molecular flexibility index (Phi) is 5.71. The van der Waals surface area contributed by atoms with Gasteiger partial charge in [0.05, 0.1) is 4.90 Å². The summed E-state index contributed by atoms with van der Waals surface area (Å²) >= 11 is 6.25. The molecule has 32 heavy (non-hydrogen) atoms. The highest BCUT2D eigenvalue weighted by Gasteiger charge is 2.29. The van der Waals surface area contributed by atoms with Gasteiger partial charge >= 0.3 is 0 Å². The van der Waals surface area contributed by atoms with Crippen LogP contribution in [0.3, 0.4) is 0 Å². The molecule has 5 rings (SSSR count). The zero-order chi connectivity index (χ0) is 22.1. The summed E-state index contributed by atoms with van der Waals surface area (Å²) in [6.07, 6.45) is 0.569. The molecule has 1 atom stereocenters. The van der Waals surface area contributed by atoms with Crippen LogP contribution in [0, 0.1) is 0 Å². The van der Waals surface area contributed by atoms with Crippen molar-refractivity contribution in [2.75, 3.05) is 24.7 Å². The van der Waals surface area contributed by atoms with E-state index in [0.29, 0.717) is 37.7 Å². The third kappa shape index (κ3) is 4.41. The van der Waals surface area contributed by atoms with Crippen molar-refractivity contribution in [2.24, 2.45) is 0 Å². The Morgan fingerprint density at radius 3 is 2.56 bits per heavy atom. The summed E-state index contributed by atoms with van der Waals surface area (Å²) in [5.41, 5.74) is 3.13. The van der Waals surface area contributed by atoms with Gasteiger partial charge in [0.25, 0.3) is 0 Å². The fraction of sp³-hybridized carbons (Fsp3) is 0.250. The van der Waals surface area contributed by atoms with Crippen molar-refractivity contribution in [2.45, 2.75) is 23.9 Å². The maximum atomic E-state index is 12.9. The molecule has 0 fully saturated rings. The van der Waals surface area contributed by atoms with Crippen LogP contribution in [0.15, 0.2) is 71.6 Å². The SMILES string of the molecule is O=S(=O)(NC1Cc2cc(Cl)ccc2N(Cc2ccc3c(c2)OCCO3)C1)c1ccccc1. The zero-order valence-corrected chi connectivity index (χ0v) is 18.9. The Morgan fingerprint density at radius 2 is 1.75 bits per heavy atom. The standard InChI is InChI=1S/C24H23ClN2O4S/c25-19-7-8-22-18(13-19)14-20(26-32(28,29)21-4-2-1-3-5-21)16-27(22)15-17-6-9-23-24(12-17)31-11-10-30-23/h1-9,12-13,20,26H,10-11,14-16H2. The Bertz CT molecular complexity index is 1230. The summed E-state index contributed by atoms with van der Waals surface area (Å²) in [4.78, 5) is 2.44. The third-order valence-corrected chi connectivity index (χ3v) is 7.42. The van der Waals surface area contributed by atoms with E-state index in [1.807, 2.05) is 36.4 Å². The summed E-state index contributed by atoms with van der Waals surface area (Å²) < 4.78 is 40.1. The van der Waals surface area contributed by atoms with E-state index in [1.165, 1.54) is 0 Å². The van der Waals surface area contributed by atoms with Gasteiger partial charge in [-0.05, 0) is 60.0 Å². The topological polar surface area (TPSA) is 67.9 Å². The molecule has 2 aliphatic heterocycles. The lowest BCUT2D eigenvalue weighted by molar-refractivity contribution is 0.171. The number of nitrogens with zero attached hydrogens (tertiary/aromatic N) is 1. The van der Waals surface area contributed by atoms with Gasteiger partial charge in [0.15, 0.2) is 11.5 Å². The molecule has 1 N–H and O–H groups in total. The van der Waals surface area contributed by atoms with Gasteiger partial charge in [-0.3, -0.25) is 0 Å². The molecule has 0 amide bonds. The molecule has 6 nitrogen and oxygen atoms in total. The second-order valence-corrected chi connectivity index (χ2v) is 10.1. The first-order valence-corrected chi connectivity index (χ1v) is 12.3. The van der Waals surface area contributed by atoms with E-state index in [1.54, 1.807) is 30.3 Å². The van der Waals surface area contributed by atoms with Crippen LogP contribution >= 0.6 is 11.6 Å². The highest BCUT2D eigenvalue weighted by atomic mass is 35.5. The van der Waals surface area contributed by atoms with Crippen molar-refractivity contribution < 1.29 is 17.9 Å². The van der Waals surface area contributed by atoms with Crippen molar-refractivity contribution in [3.63, 3.8) is 0 Å². The van der Waals surface area contributed by atoms with E-state index in [-0.39, 0.29) is 10.9 Å². The van der Waals surface area contributed by atoms with Crippen LogP contribution in [-0.2, 0) is 23.0 Å². The molecule has 2 heterocycles. The minimum absolute atomic E-state index is 0.260. The highest BCUT2D eigenvalue weighted by Crippen LogP contribution is 2.34. The van der Waals surface area contributed by atoms with Gasteiger partial charge in [-0.1, -0.05) is 35.9 Å². The number of fused-ring (bicyclic) bond motifs is 2. The summed E-state index contributed by atoms with van der Waals surface area (Å²) in [5, 5.41) is 0.634. The molecular weight excluding hydrogens is 448 g/mol. The molecule has 3 aromatic rings. The van der Waals surface area contributed by atoms with Crippen LogP contribution in [-0.4, -0.2) is 34.2 Å². The molecule has 0 saturated heterocycles. The molecule has 8 heteroatoms. The second kappa shape index (κ2) is 8.65. The van der Waals surface area contributed by atoms with Crippen LogP contribution in [0.4, 0.5) is 5.69 Å². The minimum Gasteiger partial charge on any atom is -0.486 e. The number of hydrogen-bond donors (Lipinski definition) is 1. The monoisotopic (exact) mass is 470 g/mol. The van der Waals surface area contributed by atoms with Crippen molar-refractivity contribution in [3.05, 3.63) is 82.9 Å². The van der Waals surface area contributed by atoms with Crippen LogP contribution in [0.1, 0.15) is 11.1 Å². The van der Waals surface area contributed by atoms with E-state index >= 15 is 0 Å². The quantitative estimate of drug-likeness (QED) is 0.610. The van der Waals surface area contributed by atoms with Gasteiger partial charge in [-0.2, -0.15) is 0 Å². The van der Waals surface area contributed by atoms with Gasteiger partial charge in [0, 0.05) is 29.8 Å². The second-order valence-electron chi connectivity index (χ2n) is 7.97. The predicted octanol–water partition coefficient (Wildman–Crippen LogP) is 4.02. The molecule has 0 aliphatic carbocycles. The summed E-state index contributed by atoms with van der Waals surface area (Å²) in [5.74, 6) is 1.49. The van der Waals surface area contributed by atoms with Crippen LogP contribution < -0.4 is 19.1 Å². The lowest BCUT2D eigenvalue weighted by Gasteiger charge is -2.36. The average Bonchev–Trinajstić information content (AvgIpc) is 2.79. The maximum absolute atomic E-state index is 12.9. The maximum Gasteiger partial charge on any atom is 0.240 e. The molecule has 0 radical (unpaired) electrons. The van der Waals surface area contributed by atoms with Crippen molar-refractivity contribution in [1.82, 2.24) is 4.72 Å². The third-order valence-electron chi connectivity index (χ3n) is 5.64. The molecule has 0 bridgehead atoms. The first kappa shape index (κ1) is 21.1. The minimum atomic E-state index is -3.63. The first-order chi connectivity index (χ1) is 15.5. The van der Waals surface area contributed by atoms with E-state index < -0.39 is 10.0 Å². The largest absolute Gasteiger partial charge is 0.486 e. The molecule has 3 aromatic carbocycles. The van der Waals surface area contributed by atoms with Crippen molar-refractivity contribution in [3.8, 4) is 11.5 Å². The van der Waals surface area contributed by atoms with E-state index in [0.717, 1.165) is 28.3 Å². The molecule has 166 valence electrons. The number of nitrogens with one attached hydrogen (secondary N) is 1. The average molecular weight is 471 g/mol. The van der Waals surface area contributed by atoms with Crippen molar-refractivity contribution >= 4 is 27.3 Å². The van der Waals surface area contributed by atoms with E-state index in [9.17, 15) is 8.42 Å². The molecule has 2 aliphatic rings. The molecular formula is C24H23ClN2O4S. The molecule has 0 aromatic heterocycles. The normalized spacial score (nSPS) is 17.7. The zero-order valence-electron chi connectivity index (χ0n) is 17.3. The number of rotatable bonds is 5. The van der Waals surface area contributed by atoms with Crippen LogP contribution in [0.5, 0.6) is 11.5 Å². The highest BCUT2D eigenvalue weighted by molar-refractivity contribution is 7.89. The van der Waals surface area contributed by atoms with Gasteiger partial charge in [-0.25, -0.2) is 13.1 Å².